The zero-order chi connectivity index (χ0) is 13.2. The van der Waals surface area contributed by atoms with E-state index in [1.54, 1.807) is 0 Å². The Bertz CT molecular complexity index is 415. The molecule has 96 valence electrons. The third-order valence-corrected chi connectivity index (χ3v) is 4.91. The topological polar surface area (TPSA) is 27.7 Å². The SMILES string of the molecule is CO[Si](OC)(OC)c1c(F)cc(F)c(F)c1F. The maximum atomic E-state index is 13.5. The highest BCUT2D eigenvalue weighted by Crippen LogP contribution is 2.17. The largest absolute Gasteiger partial charge is 0.542 e. The average Bonchev–Trinajstić information content (AvgIpc) is 2.32. The summed E-state index contributed by atoms with van der Waals surface area (Å²) in [7, 11) is -0.604. The summed E-state index contributed by atoms with van der Waals surface area (Å²) in [5.74, 6) is -6.46. The summed E-state index contributed by atoms with van der Waals surface area (Å²) in [4.78, 5) is 0. The lowest BCUT2D eigenvalue weighted by molar-refractivity contribution is 0.138. The van der Waals surface area contributed by atoms with E-state index in [-0.39, 0.29) is 6.07 Å². The van der Waals surface area contributed by atoms with Crippen molar-refractivity contribution in [3.63, 3.8) is 0 Å². The standard InChI is InChI=1S/C9H10F4O3Si/c1-14-17(15-2,16-3)9-6(11)4-5(10)7(12)8(9)13/h4H,1-3H3. The van der Waals surface area contributed by atoms with Gasteiger partial charge in [0.05, 0.1) is 5.19 Å². The lowest BCUT2D eigenvalue weighted by Crippen LogP contribution is -2.57. The van der Waals surface area contributed by atoms with Crippen molar-refractivity contribution in [2.45, 2.75) is 0 Å². The van der Waals surface area contributed by atoms with Crippen molar-refractivity contribution in [3.05, 3.63) is 29.3 Å². The van der Waals surface area contributed by atoms with Gasteiger partial charge in [-0.15, -0.1) is 0 Å². The van der Waals surface area contributed by atoms with Crippen LogP contribution in [0.25, 0.3) is 0 Å². The van der Waals surface area contributed by atoms with Gasteiger partial charge in [0.1, 0.15) is 5.82 Å². The lowest BCUT2D eigenvalue weighted by atomic mass is 10.3. The highest BCUT2D eigenvalue weighted by atomic mass is 28.4. The molecular weight excluding hydrogens is 260 g/mol. The van der Waals surface area contributed by atoms with E-state index in [4.69, 9.17) is 13.3 Å². The van der Waals surface area contributed by atoms with Crippen molar-refractivity contribution in [1.29, 1.82) is 0 Å². The molecule has 0 aromatic heterocycles. The Morgan fingerprint density at radius 3 is 1.71 bits per heavy atom. The van der Waals surface area contributed by atoms with Gasteiger partial charge in [-0.25, -0.2) is 17.6 Å². The van der Waals surface area contributed by atoms with E-state index >= 15 is 0 Å². The van der Waals surface area contributed by atoms with Gasteiger partial charge in [0.15, 0.2) is 17.5 Å². The Labute approximate surface area is 96.3 Å². The number of benzene rings is 1. The van der Waals surface area contributed by atoms with E-state index in [1.165, 1.54) is 0 Å². The molecule has 0 aliphatic carbocycles. The first-order valence-electron chi connectivity index (χ1n) is 4.42. The van der Waals surface area contributed by atoms with Gasteiger partial charge in [0.2, 0.25) is 0 Å². The van der Waals surface area contributed by atoms with E-state index in [9.17, 15) is 17.6 Å². The molecule has 0 N–H and O–H groups in total. The molecule has 3 nitrogen and oxygen atoms in total. The predicted molar refractivity (Wildman–Crippen MR) is 52.7 cm³/mol. The molecule has 0 aliphatic rings. The number of rotatable bonds is 4. The number of hydrogen-bond acceptors (Lipinski definition) is 3. The summed E-state index contributed by atoms with van der Waals surface area (Å²) in [6, 6.07) is 0.215. The molecule has 1 aromatic rings. The van der Waals surface area contributed by atoms with Crippen molar-refractivity contribution in [2.24, 2.45) is 0 Å². The van der Waals surface area contributed by atoms with Crippen molar-refractivity contribution in [1.82, 2.24) is 0 Å². The minimum Gasteiger partial charge on any atom is -0.373 e. The average molecular weight is 270 g/mol. The molecule has 8 heteroatoms. The van der Waals surface area contributed by atoms with Gasteiger partial charge >= 0.3 is 8.80 Å². The fourth-order valence-corrected chi connectivity index (χ4v) is 3.26. The van der Waals surface area contributed by atoms with Crippen LogP contribution in [0.3, 0.4) is 0 Å². The van der Waals surface area contributed by atoms with E-state index in [2.05, 4.69) is 0 Å². The van der Waals surface area contributed by atoms with Crippen molar-refractivity contribution in [2.75, 3.05) is 21.3 Å². The van der Waals surface area contributed by atoms with Crippen LogP contribution in [0.15, 0.2) is 6.07 Å². The summed E-state index contributed by atoms with van der Waals surface area (Å²) < 4.78 is 67.2. The first-order valence-corrected chi connectivity index (χ1v) is 6.15. The van der Waals surface area contributed by atoms with E-state index < -0.39 is 37.3 Å². The molecule has 0 aliphatic heterocycles. The summed E-state index contributed by atoms with van der Waals surface area (Å²) in [6.45, 7) is 0. The van der Waals surface area contributed by atoms with Gasteiger partial charge in [-0.05, 0) is 0 Å². The predicted octanol–water partition coefficient (Wildman–Crippen LogP) is 1.33. The summed E-state index contributed by atoms with van der Waals surface area (Å²) in [5.41, 5.74) is 0. The molecule has 0 spiro atoms. The zero-order valence-corrected chi connectivity index (χ0v) is 10.3. The fraction of sp³-hybridized carbons (Fsp3) is 0.333. The molecule has 0 fully saturated rings. The third-order valence-electron chi connectivity index (χ3n) is 2.23. The van der Waals surface area contributed by atoms with E-state index in [1.807, 2.05) is 0 Å². The molecule has 0 saturated heterocycles. The minimum atomic E-state index is -3.89. The summed E-state index contributed by atoms with van der Waals surface area (Å²) in [5, 5.41) is -0.858. The second kappa shape index (κ2) is 5.13. The first kappa shape index (κ1) is 14.1. The summed E-state index contributed by atoms with van der Waals surface area (Å²) in [6.07, 6.45) is 0. The monoisotopic (exact) mass is 270 g/mol. The van der Waals surface area contributed by atoms with Gasteiger partial charge in [-0.3, -0.25) is 0 Å². The smallest absolute Gasteiger partial charge is 0.373 e. The normalized spacial score (nSPS) is 11.9. The van der Waals surface area contributed by atoms with E-state index in [0.29, 0.717) is 0 Å². The van der Waals surface area contributed by atoms with Crippen molar-refractivity contribution >= 4 is 14.0 Å². The van der Waals surface area contributed by atoms with Crippen molar-refractivity contribution in [3.8, 4) is 0 Å². The molecule has 0 amide bonds. The van der Waals surface area contributed by atoms with Gasteiger partial charge in [0.25, 0.3) is 0 Å². The van der Waals surface area contributed by atoms with Crippen LogP contribution in [0.4, 0.5) is 17.6 Å². The second-order valence-electron chi connectivity index (χ2n) is 3.01. The van der Waals surface area contributed by atoms with Crippen LogP contribution in [0.1, 0.15) is 0 Å². The highest BCUT2D eigenvalue weighted by molar-refractivity contribution is 6.75. The third kappa shape index (κ3) is 2.21. The molecule has 0 radical (unpaired) electrons. The van der Waals surface area contributed by atoms with Crippen LogP contribution < -0.4 is 5.19 Å². The second-order valence-corrected chi connectivity index (χ2v) is 5.85. The Kier molecular flexibility index (Phi) is 4.25. The maximum Gasteiger partial charge on any atom is 0.542 e. The summed E-state index contributed by atoms with van der Waals surface area (Å²) >= 11 is 0. The van der Waals surface area contributed by atoms with Gasteiger partial charge in [-0.2, -0.15) is 0 Å². The van der Waals surface area contributed by atoms with Crippen LogP contribution in [-0.4, -0.2) is 30.1 Å². The Balaban J connectivity index is 3.54. The molecule has 0 heterocycles. The number of hydrogen-bond donors (Lipinski definition) is 0. The molecule has 0 bridgehead atoms. The van der Waals surface area contributed by atoms with Crippen LogP contribution in [-0.2, 0) is 13.3 Å². The molecule has 17 heavy (non-hydrogen) atoms. The molecule has 1 aromatic carbocycles. The molecular formula is C9H10F4O3Si. The van der Waals surface area contributed by atoms with E-state index in [0.717, 1.165) is 21.3 Å². The Morgan fingerprint density at radius 2 is 1.29 bits per heavy atom. The maximum absolute atomic E-state index is 13.5. The minimum absolute atomic E-state index is 0.215. The van der Waals surface area contributed by atoms with Crippen LogP contribution in [0.5, 0.6) is 0 Å². The van der Waals surface area contributed by atoms with Crippen LogP contribution >= 0.6 is 0 Å². The van der Waals surface area contributed by atoms with Crippen molar-refractivity contribution < 1.29 is 30.8 Å². The Hall–Kier alpha value is -0.963. The van der Waals surface area contributed by atoms with Gasteiger partial charge in [-0.1, -0.05) is 0 Å². The molecule has 0 unspecified atom stereocenters. The van der Waals surface area contributed by atoms with Crippen LogP contribution in [0.2, 0.25) is 0 Å². The molecule has 0 atom stereocenters. The highest BCUT2D eigenvalue weighted by Gasteiger charge is 2.47. The number of halogens is 4. The fourth-order valence-electron chi connectivity index (χ4n) is 1.40. The molecule has 0 saturated carbocycles. The van der Waals surface area contributed by atoms with Gasteiger partial charge < -0.3 is 13.3 Å². The lowest BCUT2D eigenvalue weighted by Gasteiger charge is -2.25. The van der Waals surface area contributed by atoms with Gasteiger partial charge in [0, 0.05) is 27.4 Å². The zero-order valence-electron chi connectivity index (χ0n) is 9.31. The van der Waals surface area contributed by atoms with Crippen LogP contribution in [0, 0.1) is 23.3 Å². The Morgan fingerprint density at radius 1 is 0.824 bits per heavy atom. The molecule has 1 rings (SSSR count). The quantitative estimate of drug-likeness (QED) is 0.357. The first-order chi connectivity index (χ1) is 7.93.